The van der Waals surface area contributed by atoms with Gasteiger partial charge in [0.1, 0.15) is 5.82 Å². The lowest BCUT2D eigenvalue weighted by atomic mass is 9.92. The van der Waals surface area contributed by atoms with Crippen LogP contribution in [0, 0.1) is 11.7 Å². The van der Waals surface area contributed by atoms with Crippen LogP contribution in [0.3, 0.4) is 0 Å². The first kappa shape index (κ1) is 22.0. The summed E-state index contributed by atoms with van der Waals surface area (Å²) in [6.45, 7) is 8.38. The monoisotopic (exact) mass is 428 g/mol. The number of carbonyl (C=O) groups excluding carboxylic acids is 1. The Hall–Kier alpha value is -2.25. The Labute approximate surface area is 183 Å². The Balaban J connectivity index is 1.52. The number of fused-ring (bicyclic) bond motifs is 1. The summed E-state index contributed by atoms with van der Waals surface area (Å²) in [4.78, 5) is 15.7. The van der Waals surface area contributed by atoms with Crippen molar-refractivity contribution in [3.8, 4) is 5.69 Å². The van der Waals surface area contributed by atoms with Gasteiger partial charge >= 0.3 is 0 Å². The predicted molar refractivity (Wildman–Crippen MR) is 118 cm³/mol. The molecule has 1 aromatic carbocycles. The number of aromatic nitrogens is 2. The van der Waals surface area contributed by atoms with E-state index in [9.17, 15) is 9.18 Å². The lowest BCUT2D eigenvalue weighted by Crippen LogP contribution is -2.52. The molecule has 6 nitrogen and oxygen atoms in total. The topological polar surface area (TPSA) is 59.4 Å². The highest BCUT2D eigenvalue weighted by molar-refractivity contribution is 5.94. The molecule has 1 aromatic heterocycles. The van der Waals surface area contributed by atoms with Crippen LogP contribution in [0.1, 0.15) is 54.9 Å². The lowest BCUT2D eigenvalue weighted by molar-refractivity contribution is 0.00190. The zero-order chi connectivity index (χ0) is 21.8. The molecule has 1 atom stereocenters. The first-order valence-electron chi connectivity index (χ1n) is 11.6. The molecule has 0 radical (unpaired) electrons. The molecule has 0 spiro atoms. The number of rotatable bonds is 8. The van der Waals surface area contributed by atoms with Crippen LogP contribution in [0.15, 0.2) is 24.3 Å². The van der Waals surface area contributed by atoms with Crippen molar-refractivity contribution in [3.63, 3.8) is 0 Å². The number of halogens is 1. The second-order valence-corrected chi connectivity index (χ2v) is 8.52. The van der Waals surface area contributed by atoms with E-state index in [-0.39, 0.29) is 11.7 Å². The third-order valence-electron chi connectivity index (χ3n) is 6.80. The number of ether oxygens (including phenoxy) is 1. The van der Waals surface area contributed by atoms with Gasteiger partial charge < -0.3 is 10.1 Å². The van der Waals surface area contributed by atoms with Gasteiger partial charge in [0.15, 0.2) is 5.69 Å². The molecule has 2 heterocycles. The van der Waals surface area contributed by atoms with Crippen LogP contribution < -0.4 is 5.32 Å². The van der Waals surface area contributed by atoms with Gasteiger partial charge in [0.2, 0.25) is 0 Å². The molecular weight excluding hydrogens is 395 g/mol. The van der Waals surface area contributed by atoms with Crippen molar-refractivity contribution in [2.24, 2.45) is 5.92 Å². The third kappa shape index (κ3) is 4.67. The smallest absolute Gasteiger partial charge is 0.272 e. The van der Waals surface area contributed by atoms with Gasteiger partial charge in [-0.05, 0) is 49.4 Å². The van der Waals surface area contributed by atoms with E-state index in [1.54, 1.807) is 12.1 Å². The van der Waals surface area contributed by atoms with E-state index in [1.807, 2.05) is 4.68 Å². The van der Waals surface area contributed by atoms with Crippen molar-refractivity contribution in [3.05, 3.63) is 47.0 Å². The summed E-state index contributed by atoms with van der Waals surface area (Å²) in [6, 6.07) is 6.59. The summed E-state index contributed by atoms with van der Waals surface area (Å²) >= 11 is 0. The highest BCUT2D eigenvalue weighted by Gasteiger charge is 2.30. The molecule has 31 heavy (non-hydrogen) atoms. The normalized spacial score (nSPS) is 17.7. The summed E-state index contributed by atoms with van der Waals surface area (Å²) in [5.41, 5.74) is 3.41. The summed E-state index contributed by atoms with van der Waals surface area (Å²) in [6.07, 6.45) is 4.93. The van der Waals surface area contributed by atoms with Crippen LogP contribution >= 0.6 is 0 Å². The van der Waals surface area contributed by atoms with Crippen molar-refractivity contribution in [1.29, 1.82) is 0 Å². The van der Waals surface area contributed by atoms with Crippen LogP contribution in [-0.2, 0) is 17.6 Å². The Bertz CT molecular complexity index is 886. The van der Waals surface area contributed by atoms with E-state index >= 15 is 0 Å². The Morgan fingerprint density at radius 2 is 1.87 bits per heavy atom. The number of morpholine rings is 1. The third-order valence-corrected chi connectivity index (χ3v) is 6.80. The molecule has 1 aliphatic heterocycles. The van der Waals surface area contributed by atoms with E-state index < -0.39 is 0 Å². The maximum absolute atomic E-state index is 13.4. The minimum atomic E-state index is -0.277. The highest BCUT2D eigenvalue weighted by atomic mass is 19.1. The molecule has 0 saturated carbocycles. The molecule has 1 N–H and O–H groups in total. The number of hydrogen-bond donors (Lipinski definition) is 1. The molecule has 1 aliphatic carbocycles. The number of benzene rings is 1. The van der Waals surface area contributed by atoms with Crippen LogP contribution in [-0.4, -0.2) is 59.5 Å². The molecule has 2 aliphatic rings. The lowest BCUT2D eigenvalue weighted by Gasteiger charge is -2.38. The standard InChI is InChI=1S/C24H33FN4O2/c1-3-17(4-2)22(28-12-14-31-15-13-28)16-26-24(30)23-20-6-5-7-21(20)29(27-23)19-10-8-18(25)9-11-19/h8-11,17,22H,3-7,12-16H2,1-2H3,(H,26,30)/t22-/m0/s1. The fraction of sp³-hybridized carbons (Fsp3) is 0.583. The highest BCUT2D eigenvalue weighted by Crippen LogP contribution is 2.28. The number of carbonyl (C=O) groups is 1. The van der Waals surface area contributed by atoms with Gasteiger partial charge in [-0.25, -0.2) is 9.07 Å². The molecule has 4 rings (SSSR count). The largest absolute Gasteiger partial charge is 0.379 e. The number of hydrogen-bond acceptors (Lipinski definition) is 4. The summed E-state index contributed by atoms with van der Waals surface area (Å²) in [5.74, 6) is 0.144. The fourth-order valence-corrected chi connectivity index (χ4v) is 5.03. The van der Waals surface area contributed by atoms with Crippen molar-refractivity contribution in [2.75, 3.05) is 32.8 Å². The van der Waals surface area contributed by atoms with Gasteiger partial charge in [-0.2, -0.15) is 5.10 Å². The first-order chi connectivity index (χ1) is 15.1. The second-order valence-electron chi connectivity index (χ2n) is 8.52. The quantitative estimate of drug-likeness (QED) is 0.700. The molecular formula is C24H33FN4O2. The SMILES string of the molecule is CCC(CC)[C@H](CNC(=O)c1nn(-c2ccc(F)cc2)c2c1CCC2)N1CCOCC1. The summed E-state index contributed by atoms with van der Waals surface area (Å²) in [7, 11) is 0. The maximum Gasteiger partial charge on any atom is 0.272 e. The molecule has 168 valence electrons. The van der Waals surface area contributed by atoms with Gasteiger partial charge in [-0.1, -0.05) is 26.7 Å². The molecule has 1 saturated heterocycles. The minimum absolute atomic E-state index is 0.108. The van der Waals surface area contributed by atoms with E-state index in [4.69, 9.17) is 4.74 Å². The van der Waals surface area contributed by atoms with Crippen LogP contribution in [0.2, 0.25) is 0 Å². The number of nitrogens with one attached hydrogen (secondary N) is 1. The van der Waals surface area contributed by atoms with Crippen LogP contribution in [0.5, 0.6) is 0 Å². The second kappa shape index (κ2) is 9.92. The van der Waals surface area contributed by atoms with Gasteiger partial charge in [-0.15, -0.1) is 0 Å². The van der Waals surface area contributed by atoms with Gasteiger partial charge in [-0.3, -0.25) is 9.69 Å². The van der Waals surface area contributed by atoms with Crippen LogP contribution in [0.4, 0.5) is 4.39 Å². The van der Waals surface area contributed by atoms with Crippen molar-refractivity contribution in [1.82, 2.24) is 20.0 Å². The zero-order valence-electron chi connectivity index (χ0n) is 18.6. The Morgan fingerprint density at radius 1 is 1.16 bits per heavy atom. The Kier molecular flexibility index (Phi) is 7.02. The summed E-state index contributed by atoms with van der Waals surface area (Å²) < 4.78 is 20.7. The number of amides is 1. The average molecular weight is 429 g/mol. The molecule has 1 fully saturated rings. The molecule has 0 bridgehead atoms. The fourth-order valence-electron chi connectivity index (χ4n) is 5.03. The molecule has 2 aromatic rings. The van der Waals surface area contributed by atoms with Crippen molar-refractivity contribution < 1.29 is 13.9 Å². The molecule has 0 unspecified atom stereocenters. The van der Waals surface area contributed by atoms with Gasteiger partial charge in [0.05, 0.1) is 18.9 Å². The van der Waals surface area contributed by atoms with E-state index in [0.717, 1.165) is 75.4 Å². The molecule has 7 heteroatoms. The van der Waals surface area contributed by atoms with Crippen molar-refractivity contribution >= 4 is 5.91 Å². The van der Waals surface area contributed by atoms with E-state index in [2.05, 4.69) is 29.2 Å². The maximum atomic E-state index is 13.4. The zero-order valence-corrected chi connectivity index (χ0v) is 18.6. The molecule has 1 amide bonds. The summed E-state index contributed by atoms with van der Waals surface area (Å²) in [5, 5.41) is 7.85. The minimum Gasteiger partial charge on any atom is -0.379 e. The van der Waals surface area contributed by atoms with E-state index in [0.29, 0.717) is 24.2 Å². The average Bonchev–Trinajstić information content (AvgIpc) is 3.41. The first-order valence-corrected chi connectivity index (χ1v) is 11.6. The number of nitrogens with zero attached hydrogens (tertiary/aromatic N) is 3. The van der Waals surface area contributed by atoms with Gasteiger partial charge in [0.25, 0.3) is 5.91 Å². The predicted octanol–water partition coefficient (Wildman–Crippen LogP) is 3.37. The van der Waals surface area contributed by atoms with Crippen LogP contribution in [0.25, 0.3) is 5.69 Å². The Morgan fingerprint density at radius 3 is 2.55 bits per heavy atom. The van der Waals surface area contributed by atoms with Gasteiger partial charge in [0, 0.05) is 36.9 Å². The van der Waals surface area contributed by atoms with Crippen molar-refractivity contribution in [2.45, 2.75) is 52.0 Å². The van der Waals surface area contributed by atoms with E-state index in [1.165, 1.54) is 12.1 Å².